The van der Waals surface area contributed by atoms with Crippen molar-refractivity contribution in [2.24, 2.45) is 0 Å². The maximum absolute atomic E-state index is 9.38. The molecule has 1 aromatic rings. The van der Waals surface area contributed by atoms with Crippen LogP contribution in [0, 0.1) is 0 Å². The van der Waals surface area contributed by atoms with Gasteiger partial charge in [-0.1, -0.05) is 0 Å². The van der Waals surface area contributed by atoms with Crippen molar-refractivity contribution in [2.45, 2.75) is 5.40 Å². The van der Waals surface area contributed by atoms with Crippen molar-refractivity contribution < 1.29 is 5.11 Å². The maximum atomic E-state index is 9.38. The second-order valence-electron chi connectivity index (χ2n) is 2.57. The molecule has 1 rings (SSSR count). The molecule has 0 radical (unpaired) electrons. The van der Waals surface area contributed by atoms with Crippen LogP contribution in [0.1, 0.15) is 5.56 Å². The number of hydrogen-bond donors (Lipinski definition) is 1. The molecule has 1 heterocycles. The highest BCUT2D eigenvalue weighted by Gasteiger charge is 2.15. The minimum Gasteiger partial charge on any atom is -0.403 e. The summed E-state index contributed by atoms with van der Waals surface area (Å²) in [5.74, 6) is 0. The first kappa shape index (κ1) is 6.90. The Morgan fingerprint density at radius 2 is 2.22 bits per heavy atom. The molecule has 0 aromatic carbocycles. The van der Waals surface area contributed by atoms with E-state index >= 15 is 0 Å². The molecule has 0 aliphatic carbocycles. The van der Waals surface area contributed by atoms with Gasteiger partial charge in [-0.25, -0.2) is 0 Å². The van der Waals surface area contributed by atoms with Crippen molar-refractivity contribution in [1.82, 2.24) is 0 Å². The van der Waals surface area contributed by atoms with Crippen LogP contribution in [0.3, 0.4) is 0 Å². The number of thiophene rings is 1. The summed E-state index contributed by atoms with van der Waals surface area (Å²) in [7, 11) is 3.57. The van der Waals surface area contributed by atoms with E-state index in [4.69, 9.17) is 0 Å². The smallest absolute Gasteiger partial charge is 0.137 e. The molecular weight excluding hydrogens is 130 g/mol. The molecule has 0 saturated carbocycles. The average Bonchev–Trinajstić information content (AvgIpc) is 2.08. The monoisotopic (exact) mass is 138 g/mol. The Kier molecular flexibility index (Phi) is 1.68. The summed E-state index contributed by atoms with van der Waals surface area (Å²) in [5, 5.41) is 12.6. The lowest BCUT2D eigenvalue weighted by atomic mass is 9.62. The van der Waals surface area contributed by atoms with Crippen LogP contribution >= 0.6 is 11.3 Å². The third-order valence-corrected chi connectivity index (χ3v) is 1.91. The summed E-state index contributed by atoms with van der Waals surface area (Å²) in [6.07, 6.45) is 0. The van der Waals surface area contributed by atoms with E-state index in [1.54, 1.807) is 27.0 Å². The summed E-state index contributed by atoms with van der Waals surface area (Å²) < 4.78 is 0. The van der Waals surface area contributed by atoms with Crippen molar-refractivity contribution in [3.63, 3.8) is 0 Å². The van der Waals surface area contributed by atoms with Crippen LogP contribution < -0.4 is 0 Å². The Hall–Kier alpha value is -0.210. The third-order valence-electron chi connectivity index (χ3n) is 1.23. The molecule has 0 unspecified atom stereocenters. The second kappa shape index (κ2) is 2.20. The van der Waals surface area contributed by atoms with Gasteiger partial charge in [0.1, 0.15) is 15.7 Å². The van der Waals surface area contributed by atoms with E-state index in [0.29, 0.717) is 0 Å². The van der Waals surface area contributed by atoms with Gasteiger partial charge in [0.15, 0.2) is 0 Å². The molecule has 0 amide bonds. The Bertz CT molecular complexity index is 177. The van der Waals surface area contributed by atoms with Crippen LogP contribution in [-0.2, 0) is 5.40 Å². The first-order valence-corrected chi connectivity index (χ1v) is 3.80. The number of rotatable bonds is 1. The lowest BCUT2D eigenvalue weighted by molar-refractivity contribution is 0.217. The predicted molar refractivity (Wildman–Crippen MR) is 45.3 cm³/mol. The molecule has 1 nitrogen and oxygen atoms in total. The Balaban J connectivity index is 2.90. The summed E-state index contributed by atoms with van der Waals surface area (Å²) in [6.45, 7) is 0. The normalized spacial score (nSPS) is 11.7. The quantitative estimate of drug-likeness (QED) is 0.499. The third kappa shape index (κ3) is 1.60. The van der Waals surface area contributed by atoms with E-state index < -0.39 is 5.40 Å². The van der Waals surface area contributed by atoms with Gasteiger partial charge in [-0.05, 0) is 22.4 Å². The zero-order chi connectivity index (χ0) is 6.91. The summed E-state index contributed by atoms with van der Waals surface area (Å²) in [5.41, 5.74) is 0.993. The fourth-order valence-electron chi connectivity index (χ4n) is 0.613. The highest BCUT2D eigenvalue weighted by molar-refractivity contribution is 7.08. The number of hydrogen-bond acceptors (Lipinski definition) is 2. The number of aliphatic hydroxyl groups is 1. The summed E-state index contributed by atoms with van der Waals surface area (Å²) in [4.78, 5) is 0. The van der Waals surface area contributed by atoms with E-state index in [-0.39, 0.29) is 0 Å². The fourth-order valence-corrected chi connectivity index (χ4v) is 1.43. The van der Waals surface area contributed by atoms with Gasteiger partial charge in [0.05, 0.1) is 0 Å². The van der Waals surface area contributed by atoms with E-state index in [9.17, 15) is 5.11 Å². The van der Waals surface area contributed by atoms with Gasteiger partial charge >= 0.3 is 0 Å². The first-order valence-electron chi connectivity index (χ1n) is 2.86. The van der Waals surface area contributed by atoms with E-state index in [1.165, 1.54) is 0 Å². The van der Waals surface area contributed by atoms with Crippen LogP contribution in [0.4, 0.5) is 0 Å². The lowest BCUT2D eigenvalue weighted by Gasteiger charge is -2.14. The molecule has 1 N–H and O–H groups in total. The molecule has 0 aliphatic heterocycles. The Labute approximate surface area is 60.5 Å². The van der Waals surface area contributed by atoms with Crippen LogP contribution in [-0.4, -0.2) is 20.8 Å². The van der Waals surface area contributed by atoms with Crippen molar-refractivity contribution >= 4 is 27.0 Å². The van der Waals surface area contributed by atoms with Crippen molar-refractivity contribution in [2.75, 3.05) is 0 Å². The van der Waals surface area contributed by atoms with Gasteiger partial charge in [0.25, 0.3) is 0 Å². The molecule has 1 aromatic heterocycles. The molecule has 0 bridgehead atoms. The topological polar surface area (TPSA) is 20.2 Å². The van der Waals surface area contributed by atoms with Crippen molar-refractivity contribution in [3.8, 4) is 0 Å². The predicted octanol–water partition coefficient (Wildman–Crippen LogP) is -0.883. The maximum Gasteiger partial charge on any atom is 0.137 e. The second-order valence-corrected chi connectivity index (χ2v) is 3.35. The van der Waals surface area contributed by atoms with Gasteiger partial charge in [-0.3, -0.25) is 0 Å². The van der Waals surface area contributed by atoms with E-state index in [2.05, 4.69) is 0 Å². The lowest BCUT2D eigenvalue weighted by Crippen LogP contribution is -2.24. The van der Waals surface area contributed by atoms with Gasteiger partial charge in [0.2, 0.25) is 0 Å². The van der Waals surface area contributed by atoms with E-state index in [1.807, 2.05) is 16.8 Å². The largest absolute Gasteiger partial charge is 0.403 e. The molecule has 0 saturated heterocycles. The average molecular weight is 138 g/mol. The molecule has 0 fully saturated rings. The minimum absolute atomic E-state index is 0.667. The highest BCUT2D eigenvalue weighted by atomic mass is 32.1. The molecule has 46 valence electrons. The van der Waals surface area contributed by atoms with E-state index in [0.717, 1.165) is 5.56 Å². The molecule has 0 spiro atoms. The van der Waals surface area contributed by atoms with Gasteiger partial charge in [-0.2, -0.15) is 11.3 Å². The molecule has 0 aliphatic rings. The van der Waals surface area contributed by atoms with Crippen molar-refractivity contribution in [1.29, 1.82) is 0 Å². The zero-order valence-corrected chi connectivity index (χ0v) is 6.40. The summed E-state index contributed by atoms with van der Waals surface area (Å²) >= 11 is 1.61. The van der Waals surface area contributed by atoms with Crippen LogP contribution in [0.15, 0.2) is 16.8 Å². The highest BCUT2D eigenvalue weighted by Crippen LogP contribution is 2.15. The van der Waals surface area contributed by atoms with Gasteiger partial charge in [0, 0.05) is 5.40 Å². The van der Waals surface area contributed by atoms with Gasteiger partial charge in [-0.15, -0.1) is 0 Å². The molecule has 4 heteroatoms. The van der Waals surface area contributed by atoms with Crippen LogP contribution in [0.25, 0.3) is 0 Å². The fraction of sp³-hybridized carbons (Fsp3) is 0.200. The Morgan fingerprint density at radius 3 is 2.44 bits per heavy atom. The summed E-state index contributed by atoms with van der Waals surface area (Å²) in [6, 6.07) is 1.94. The molecule has 0 atom stereocenters. The molecule has 9 heavy (non-hydrogen) atoms. The van der Waals surface area contributed by atoms with Crippen LogP contribution in [0.2, 0.25) is 0 Å². The first-order chi connectivity index (χ1) is 4.11. The van der Waals surface area contributed by atoms with Gasteiger partial charge < -0.3 is 5.11 Å². The molecular formula is C5H8B2OS. The standard InChI is InChI=1S/C5H8B2OS/c6-5(7,8)4-1-2-9-3-4/h1-3,8H,6-7H2. The minimum atomic E-state index is -0.667. The SMILES string of the molecule is BC(B)(O)c1ccsc1. The zero-order valence-electron chi connectivity index (χ0n) is 5.59. The van der Waals surface area contributed by atoms with Crippen molar-refractivity contribution in [3.05, 3.63) is 22.4 Å². The Morgan fingerprint density at radius 1 is 1.56 bits per heavy atom. The van der Waals surface area contributed by atoms with Crippen LogP contribution in [0.5, 0.6) is 0 Å².